The molecule has 0 spiro atoms. The highest BCUT2D eigenvalue weighted by molar-refractivity contribution is 6.55. The fourth-order valence-corrected chi connectivity index (χ4v) is 3.04. The Morgan fingerprint density at radius 3 is 2.18 bits per heavy atom. The van der Waals surface area contributed by atoms with Crippen molar-refractivity contribution in [3.8, 4) is 0 Å². The first-order chi connectivity index (χ1) is 10.3. The molecule has 3 nitrogen and oxygen atoms in total. The van der Waals surface area contributed by atoms with Crippen molar-refractivity contribution in [3.63, 3.8) is 0 Å². The summed E-state index contributed by atoms with van der Waals surface area (Å²) in [5, 5.41) is 0. The number of hydrogen-bond acceptors (Lipinski definition) is 3. The van der Waals surface area contributed by atoms with Gasteiger partial charge in [-0.15, -0.1) is 0 Å². The quantitative estimate of drug-likeness (QED) is 0.781. The predicted octanol–water partition coefficient (Wildman–Crippen LogP) is 3.69. The third-order valence-corrected chi connectivity index (χ3v) is 5.10. The number of ketones is 1. The fraction of sp³-hybridized carbons (Fsp3) is 0.500. The largest absolute Gasteiger partial charge is 0.490 e. The molecule has 3 rings (SSSR count). The number of carbonyl (C=O) groups excluding carboxylic acids is 1. The monoisotopic (exact) mass is 298 g/mol. The Hall–Kier alpha value is -1.39. The van der Waals surface area contributed by atoms with Crippen LogP contribution in [0.3, 0.4) is 0 Å². The lowest BCUT2D eigenvalue weighted by Crippen LogP contribution is -2.41. The molecule has 1 aliphatic carbocycles. The maximum absolute atomic E-state index is 12.1. The van der Waals surface area contributed by atoms with Gasteiger partial charge in [-0.25, -0.2) is 0 Å². The van der Waals surface area contributed by atoms with Crippen LogP contribution in [0.25, 0.3) is 0 Å². The lowest BCUT2D eigenvalue weighted by molar-refractivity contribution is -0.115. The van der Waals surface area contributed by atoms with Crippen LogP contribution in [0.4, 0.5) is 0 Å². The molecular weight excluding hydrogens is 275 g/mol. The van der Waals surface area contributed by atoms with Gasteiger partial charge in [-0.05, 0) is 57.1 Å². The molecule has 1 aromatic carbocycles. The molecule has 0 unspecified atom stereocenters. The summed E-state index contributed by atoms with van der Waals surface area (Å²) < 4.78 is 12.2. The van der Waals surface area contributed by atoms with Gasteiger partial charge in [0.05, 0.1) is 11.2 Å². The number of hydrogen-bond donors (Lipinski definition) is 0. The molecule has 1 saturated heterocycles. The Labute approximate surface area is 132 Å². The van der Waals surface area contributed by atoms with Crippen LogP contribution < -0.4 is 0 Å². The topological polar surface area (TPSA) is 35.5 Å². The first kappa shape index (κ1) is 15.5. The number of rotatable bonds is 2. The van der Waals surface area contributed by atoms with Crippen molar-refractivity contribution in [1.82, 2.24) is 0 Å². The highest BCUT2D eigenvalue weighted by Crippen LogP contribution is 2.41. The highest BCUT2D eigenvalue weighted by atomic mass is 16.7. The Balaban J connectivity index is 1.82. The van der Waals surface area contributed by atoms with Gasteiger partial charge in [0.1, 0.15) is 0 Å². The fourth-order valence-electron chi connectivity index (χ4n) is 3.04. The van der Waals surface area contributed by atoms with E-state index in [0.717, 1.165) is 11.9 Å². The number of carbonyl (C=O) groups is 1. The Kier molecular flexibility index (Phi) is 3.78. The van der Waals surface area contributed by atoms with Crippen molar-refractivity contribution in [3.05, 3.63) is 47.4 Å². The summed E-state index contributed by atoms with van der Waals surface area (Å²) in [7, 11) is -0.416. The van der Waals surface area contributed by atoms with Crippen molar-refractivity contribution in [1.29, 1.82) is 0 Å². The molecular formula is C18H23BO3. The van der Waals surface area contributed by atoms with E-state index in [4.69, 9.17) is 9.31 Å². The van der Waals surface area contributed by atoms with Gasteiger partial charge in [0.15, 0.2) is 5.78 Å². The number of allylic oxidation sites excluding steroid dienone is 2. The first-order valence-electron chi connectivity index (χ1n) is 7.92. The molecule has 0 radical (unpaired) electrons. The van der Waals surface area contributed by atoms with E-state index in [-0.39, 0.29) is 22.9 Å². The Morgan fingerprint density at radius 2 is 1.59 bits per heavy atom. The third-order valence-electron chi connectivity index (χ3n) is 5.10. The van der Waals surface area contributed by atoms with Crippen LogP contribution in [0.1, 0.15) is 52.0 Å². The standard InChI is InChI=1S/C18H23BO3/c1-17(2)18(3,4)22-19(21-17)15-10-14(11-16(20)12-15)13-8-6-5-7-9-13/h5-9,12,14H,10-11H2,1-4H3/t14-/m0/s1. The zero-order chi connectivity index (χ0) is 16.0. The average Bonchev–Trinajstić information content (AvgIpc) is 2.68. The molecule has 1 heterocycles. The first-order valence-corrected chi connectivity index (χ1v) is 7.92. The van der Waals surface area contributed by atoms with Crippen LogP contribution in [0.15, 0.2) is 41.9 Å². The van der Waals surface area contributed by atoms with Crippen LogP contribution in [-0.2, 0) is 14.1 Å². The summed E-state index contributed by atoms with van der Waals surface area (Å²) in [6.07, 6.45) is 3.10. The minimum atomic E-state index is -0.416. The molecule has 116 valence electrons. The molecule has 0 bridgehead atoms. The van der Waals surface area contributed by atoms with E-state index in [2.05, 4.69) is 12.1 Å². The molecule has 0 aromatic heterocycles. The lowest BCUT2D eigenvalue weighted by atomic mass is 9.68. The molecule has 0 amide bonds. The van der Waals surface area contributed by atoms with Crippen LogP contribution in [-0.4, -0.2) is 24.1 Å². The van der Waals surface area contributed by atoms with Crippen LogP contribution in [0, 0.1) is 0 Å². The van der Waals surface area contributed by atoms with Crippen molar-refractivity contribution in [2.75, 3.05) is 0 Å². The minimum Gasteiger partial charge on any atom is -0.400 e. The molecule has 22 heavy (non-hydrogen) atoms. The van der Waals surface area contributed by atoms with Gasteiger partial charge < -0.3 is 9.31 Å². The summed E-state index contributed by atoms with van der Waals surface area (Å²) in [4.78, 5) is 12.1. The molecule has 1 fully saturated rings. The second-order valence-electron chi connectivity index (χ2n) is 7.29. The van der Waals surface area contributed by atoms with Crippen molar-refractivity contribution >= 4 is 12.9 Å². The zero-order valence-corrected chi connectivity index (χ0v) is 13.8. The summed E-state index contributed by atoms with van der Waals surface area (Å²) >= 11 is 0. The van der Waals surface area contributed by atoms with Crippen LogP contribution in [0.2, 0.25) is 0 Å². The highest BCUT2D eigenvalue weighted by Gasteiger charge is 2.52. The van der Waals surface area contributed by atoms with Gasteiger partial charge in [0.2, 0.25) is 0 Å². The van der Waals surface area contributed by atoms with Gasteiger partial charge in [-0.2, -0.15) is 0 Å². The van der Waals surface area contributed by atoms with E-state index in [9.17, 15) is 4.79 Å². The van der Waals surface area contributed by atoms with Gasteiger partial charge in [-0.1, -0.05) is 30.3 Å². The third kappa shape index (κ3) is 2.78. The van der Waals surface area contributed by atoms with E-state index in [1.807, 2.05) is 45.9 Å². The van der Waals surface area contributed by atoms with E-state index in [1.165, 1.54) is 5.56 Å². The summed E-state index contributed by atoms with van der Waals surface area (Å²) in [6.45, 7) is 8.14. The summed E-state index contributed by atoms with van der Waals surface area (Å²) in [5.74, 6) is 0.373. The molecule has 1 aromatic rings. The van der Waals surface area contributed by atoms with Crippen LogP contribution >= 0.6 is 0 Å². The van der Waals surface area contributed by atoms with Gasteiger partial charge >= 0.3 is 7.12 Å². The normalized spacial score (nSPS) is 26.9. The summed E-state index contributed by atoms with van der Waals surface area (Å²) in [6, 6.07) is 10.2. The van der Waals surface area contributed by atoms with Gasteiger partial charge in [-0.3, -0.25) is 4.79 Å². The van der Waals surface area contributed by atoms with E-state index in [0.29, 0.717) is 6.42 Å². The molecule has 2 aliphatic rings. The Morgan fingerprint density at radius 1 is 1.00 bits per heavy atom. The van der Waals surface area contributed by atoms with Crippen molar-refractivity contribution < 1.29 is 14.1 Å². The second kappa shape index (κ2) is 5.36. The SMILES string of the molecule is CC1(C)OB(C2=CC(=O)C[C@@H](c3ccccc3)C2)OC1(C)C. The van der Waals surface area contributed by atoms with Crippen molar-refractivity contribution in [2.45, 2.75) is 57.7 Å². The average molecular weight is 298 g/mol. The number of benzene rings is 1. The lowest BCUT2D eigenvalue weighted by Gasteiger charge is -2.32. The molecule has 4 heteroatoms. The van der Waals surface area contributed by atoms with Gasteiger partial charge in [0, 0.05) is 6.42 Å². The molecule has 1 atom stereocenters. The molecule has 1 aliphatic heterocycles. The smallest absolute Gasteiger partial charge is 0.400 e. The Bertz CT molecular complexity index is 588. The van der Waals surface area contributed by atoms with Crippen LogP contribution in [0.5, 0.6) is 0 Å². The van der Waals surface area contributed by atoms with E-state index in [1.54, 1.807) is 6.08 Å². The predicted molar refractivity (Wildman–Crippen MR) is 87.6 cm³/mol. The van der Waals surface area contributed by atoms with Gasteiger partial charge in [0.25, 0.3) is 0 Å². The van der Waals surface area contributed by atoms with Crippen molar-refractivity contribution in [2.24, 2.45) is 0 Å². The second-order valence-corrected chi connectivity index (χ2v) is 7.29. The summed E-state index contributed by atoms with van der Waals surface area (Å²) in [5.41, 5.74) is 1.42. The molecule has 0 N–H and O–H groups in total. The van der Waals surface area contributed by atoms with E-state index >= 15 is 0 Å². The minimum absolute atomic E-state index is 0.157. The maximum atomic E-state index is 12.1. The maximum Gasteiger partial charge on any atom is 0.490 e. The van der Waals surface area contributed by atoms with E-state index < -0.39 is 7.12 Å². The molecule has 0 saturated carbocycles. The zero-order valence-electron chi connectivity index (χ0n) is 13.8.